The number of rotatable bonds is 5. The molecule has 0 aromatic carbocycles. The fourth-order valence-corrected chi connectivity index (χ4v) is 2.67. The molecule has 136 valence electrons. The summed E-state index contributed by atoms with van der Waals surface area (Å²) in [6.45, 7) is 3.37. The van der Waals surface area contributed by atoms with Gasteiger partial charge in [0, 0.05) is 6.21 Å². The minimum absolute atomic E-state index is 0.138. The average molecular weight is 351 g/mol. The first kappa shape index (κ1) is 17.5. The van der Waals surface area contributed by atoms with E-state index in [1.165, 1.54) is 17.2 Å². The van der Waals surface area contributed by atoms with Crippen molar-refractivity contribution >= 4 is 23.2 Å². The summed E-state index contributed by atoms with van der Waals surface area (Å²) in [5.41, 5.74) is 9.13. The predicted octanol–water partition coefficient (Wildman–Crippen LogP) is -1.64. The van der Waals surface area contributed by atoms with Crippen molar-refractivity contribution < 1.29 is 20.1 Å². The maximum atomic E-state index is 10.6. The first-order valence-corrected chi connectivity index (χ1v) is 7.80. The van der Waals surface area contributed by atoms with Crippen molar-refractivity contribution in [2.24, 2.45) is 11.0 Å². The molecule has 0 spiro atoms. The van der Waals surface area contributed by atoms with Gasteiger partial charge in [-0.15, -0.1) is 0 Å². The molecule has 1 aliphatic heterocycles. The van der Waals surface area contributed by atoms with Crippen LogP contribution in [0.4, 0.5) is 5.82 Å². The number of aliphatic hydroxyl groups excluding tert-OH is 3. The first-order valence-electron chi connectivity index (χ1n) is 7.80. The Hall–Kier alpha value is -2.34. The molecule has 0 radical (unpaired) electrons. The van der Waals surface area contributed by atoms with Gasteiger partial charge in [-0.05, 0) is 5.92 Å². The highest BCUT2D eigenvalue weighted by atomic mass is 16.6. The van der Waals surface area contributed by atoms with Crippen molar-refractivity contribution in [2.45, 2.75) is 38.0 Å². The zero-order chi connectivity index (χ0) is 18.2. The lowest BCUT2D eigenvalue weighted by molar-refractivity contribution is -0.167. The molecule has 0 bridgehead atoms. The molecule has 1 aliphatic rings. The van der Waals surface area contributed by atoms with Gasteiger partial charge in [0.05, 0.1) is 6.61 Å². The second-order valence-corrected chi connectivity index (χ2v) is 6.15. The number of aliphatic hydroxyl groups is 3. The number of hydrazone groups is 1. The topological polar surface area (TPSA) is 164 Å². The predicted molar refractivity (Wildman–Crippen MR) is 88.1 cm³/mol. The summed E-state index contributed by atoms with van der Waals surface area (Å²) in [5, 5.41) is 34.3. The Bertz CT molecular complexity index is 780. The van der Waals surface area contributed by atoms with Crippen LogP contribution in [0.3, 0.4) is 0 Å². The van der Waals surface area contributed by atoms with Gasteiger partial charge in [0.15, 0.2) is 17.6 Å². The Morgan fingerprint density at radius 1 is 1.44 bits per heavy atom. The Labute approximate surface area is 143 Å². The largest absolute Gasteiger partial charge is 0.394 e. The maximum absolute atomic E-state index is 10.6. The van der Waals surface area contributed by atoms with Gasteiger partial charge < -0.3 is 25.8 Å². The van der Waals surface area contributed by atoms with E-state index in [1.807, 2.05) is 13.8 Å². The monoisotopic (exact) mass is 351 g/mol. The number of nitrogens with one attached hydrogen (secondary N) is 1. The minimum atomic E-state index is -1.71. The Morgan fingerprint density at radius 2 is 2.20 bits per heavy atom. The van der Waals surface area contributed by atoms with Gasteiger partial charge in [-0.25, -0.2) is 15.0 Å². The van der Waals surface area contributed by atoms with Gasteiger partial charge in [0.1, 0.15) is 30.4 Å². The normalized spacial score (nSPS) is 29.9. The van der Waals surface area contributed by atoms with E-state index in [0.717, 1.165) is 0 Å². The highest BCUT2D eigenvalue weighted by Crippen LogP contribution is 2.35. The standard InChI is InChI=1S/C14H21N7O4/c1-7(2)3-19-20-14(11(24)10(23)8(4-22)25-14)21-6-18-9-12(15)16-5-17-13(9)21/h3,5-8,10-11,20,22-24H,4H2,1-2H3,(H2,15,16,17)/t8-,10-,11-,14+/m1/s1. The zero-order valence-electron chi connectivity index (χ0n) is 13.8. The van der Waals surface area contributed by atoms with Crippen molar-refractivity contribution in [3.8, 4) is 0 Å². The number of nitrogen functional groups attached to an aromatic ring is 1. The van der Waals surface area contributed by atoms with E-state index < -0.39 is 30.8 Å². The lowest BCUT2D eigenvalue weighted by Gasteiger charge is -2.32. The minimum Gasteiger partial charge on any atom is -0.394 e. The Morgan fingerprint density at radius 3 is 2.84 bits per heavy atom. The van der Waals surface area contributed by atoms with Gasteiger partial charge in [-0.3, -0.25) is 9.99 Å². The Kier molecular flexibility index (Phi) is 4.56. The quantitative estimate of drug-likeness (QED) is 0.314. The number of anilines is 1. The number of hydrogen-bond donors (Lipinski definition) is 5. The summed E-state index contributed by atoms with van der Waals surface area (Å²) >= 11 is 0. The maximum Gasteiger partial charge on any atom is 0.270 e. The third kappa shape index (κ3) is 2.80. The van der Waals surface area contributed by atoms with Crippen molar-refractivity contribution in [2.75, 3.05) is 12.3 Å². The van der Waals surface area contributed by atoms with E-state index in [-0.39, 0.29) is 17.4 Å². The van der Waals surface area contributed by atoms with Crippen LogP contribution in [-0.4, -0.2) is 66.0 Å². The summed E-state index contributed by atoms with van der Waals surface area (Å²) in [6, 6.07) is 0. The smallest absolute Gasteiger partial charge is 0.270 e. The molecule has 11 nitrogen and oxygen atoms in total. The number of nitrogens with zero attached hydrogens (tertiary/aromatic N) is 5. The number of imidazole rings is 1. The van der Waals surface area contributed by atoms with Crippen molar-refractivity contribution in [3.05, 3.63) is 12.7 Å². The molecule has 25 heavy (non-hydrogen) atoms. The number of fused-ring (bicyclic) bond motifs is 1. The van der Waals surface area contributed by atoms with Crippen molar-refractivity contribution in [1.82, 2.24) is 24.9 Å². The van der Waals surface area contributed by atoms with Crippen LogP contribution in [0.15, 0.2) is 17.8 Å². The molecule has 3 heterocycles. The number of nitrogens with two attached hydrogens (primary N) is 1. The molecule has 1 fully saturated rings. The van der Waals surface area contributed by atoms with Crippen LogP contribution in [0.25, 0.3) is 11.2 Å². The van der Waals surface area contributed by atoms with Crippen LogP contribution < -0.4 is 11.2 Å². The van der Waals surface area contributed by atoms with Crippen molar-refractivity contribution in [1.29, 1.82) is 0 Å². The van der Waals surface area contributed by atoms with Gasteiger partial charge in [0.2, 0.25) is 0 Å². The van der Waals surface area contributed by atoms with Crippen LogP contribution in [0.1, 0.15) is 13.8 Å². The highest BCUT2D eigenvalue weighted by Gasteiger charge is 2.56. The molecule has 0 saturated carbocycles. The molecule has 0 unspecified atom stereocenters. The fourth-order valence-electron chi connectivity index (χ4n) is 2.67. The van der Waals surface area contributed by atoms with E-state index in [1.54, 1.807) is 6.21 Å². The molecular weight excluding hydrogens is 330 g/mol. The second-order valence-electron chi connectivity index (χ2n) is 6.15. The second kappa shape index (κ2) is 6.52. The Balaban J connectivity index is 2.12. The molecule has 2 aromatic rings. The zero-order valence-corrected chi connectivity index (χ0v) is 13.8. The molecule has 0 aliphatic carbocycles. The number of hydrogen-bond acceptors (Lipinski definition) is 10. The van der Waals surface area contributed by atoms with Gasteiger partial charge in [-0.2, -0.15) is 5.10 Å². The third-order valence-corrected chi connectivity index (χ3v) is 3.93. The molecule has 11 heteroatoms. The summed E-state index contributed by atoms with van der Waals surface area (Å²) in [6.07, 6.45) is 0.393. The lowest BCUT2D eigenvalue weighted by atomic mass is 10.1. The molecule has 1 saturated heterocycles. The van der Waals surface area contributed by atoms with Crippen LogP contribution in [-0.2, 0) is 10.6 Å². The third-order valence-electron chi connectivity index (χ3n) is 3.93. The SMILES string of the molecule is CC(C)C=NN[C@@]1(n2cnc3c(N)ncnc32)O[C@H](CO)[C@@H](O)[C@H]1O. The van der Waals surface area contributed by atoms with Crippen LogP contribution >= 0.6 is 0 Å². The molecule has 3 rings (SSSR count). The van der Waals surface area contributed by atoms with Crippen LogP contribution in [0, 0.1) is 5.92 Å². The van der Waals surface area contributed by atoms with E-state index in [0.29, 0.717) is 5.52 Å². The van der Waals surface area contributed by atoms with Gasteiger partial charge >= 0.3 is 0 Å². The number of ether oxygens (including phenoxy) is 1. The molecule has 2 aromatic heterocycles. The molecular formula is C14H21N7O4. The fraction of sp³-hybridized carbons (Fsp3) is 0.571. The van der Waals surface area contributed by atoms with E-state index in [9.17, 15) is 15.3 Å². The van der Waals surface area contributed by atoms with Gasteiger partial charge in [0.25, 0.3) is 5.85 Å². The summed E-state index contributed by atoms with van der Waals surface area (Å²) < 4.78 is 7.12. The van der Waals surface area contributed by atoms with Crippen LogP contribution in [0.2, 0.25) is 0 Å². The average Bonchev–Trinajstić information content (AvgIpc) is 3.11. The van der Waals surface area contributed by atoms with Crippen LogP contribution in [0.5, 0.6) is 0 Å². The van der Waals surface area contributed by atoms with Gasteiger partial charge in [-0.1, -0.05) is 13.8 Å². The summed E-state index contributed by atoms with van der Waals surface area (Å²) in [5.74, 6) is -1.41. The molecule has 6 N–H and O–H groups in total. The van der Waals surface area contributed by atoms with E-state index >= 15 is 0 Å². The number of aromatic nitrogens is 4. The molecule has 0 amide bonds. The summed E-state index contributed by atoms with van der Waals surface area (Å²) in [4.78, 5) is 12.1. The van der Waals surface area contributed by atoms with Crippen molar-refractivity contribution in [3.63, 3.8) is 0 Å². The first-order chi connectivity index (χ1) is 11.9. The molecule has 4 atom stereocenters. The summed E-state index contributed by atoms with van der Waals surface area (Å²) in [7, 11) is 0. The van der Waals surface area contributed by atoms with E-state index in [2.05, 4.69) is 25.5 Å². The highest BCUT2D eigenvalue weighted by molar-refractivity contribution is 5.81. The lowest BCUT2D eigenvalue weighted by Crippen LogP contribution is -2.54. The van der Waals surface area contributed by atoms with E-state index in [4.69, 9.17) is 10.5 Å².